The molecule has 0 aliphatic heterocycles. The summed E-state index contributed by atoms with van der Waals surface area (Å²) in [5, 5.41) is 2.53. The Balaban J connectivity index is 0.00000161. The van der Waals surface area contributed by atoms with Crippen molar-refractivity contribution in [1.29, 1.82) is 0 Å². The Morgan fingerprint density at radius 2 is 1.90 bits per heavy atom. The van der Waals surface area contributed by atoms with Crippen LogP contribution in [0.5, 0.6) is 0 Å². The summed E-state index contributed by atoms with van der Waals surface area (Å²) in [5.41, 5.74) is 4.48. The maximum absolute atomic E-state index is 5.75. The van der Waals surface area contributed by atoms with Gasteiger partial charge in [-0.2, -0.15) is 0 Å². The van der Waals surface area contributed by atoms with Gasteiger partial charge in [0, 0.05) is 32.7 Å². The van der Waals surface area contributed by atoms with Crippen LogP contribution in [0.4, 0.5) is 0 Å². The molecule has 0 atom stereocenters. The van der Waals surface area contributed by atoms with Gasteiger partial charge in [0.15, 0.2) is 0 Å². The summed E-state index contributed by atoms with van der Waals surface area (Å²) >= 11 is 0. The maximum Gasteiger partial charge on any atom is 0.119 e. The van der Waals surface area contributed by atoms with Crippen LogP contribution in [0.15, 0.2) is 48.7 Å². The summed E-state index contributed by atoms with van der Waals surface area (Å²) in [6, 6.07) is 17.8. The summed E-state index contributed by atoms with van der Waals surface area (Å²) < 4.78 is 2.09. The van der Waals surface area contributed by atoms with E-state index >= 15 is 0 Å². The van der Waals surface area contributed by atoms with E-state index in [9.17, 15) is 0 Å². The van der Waals surface area contributed by atoms with Crippen molar-refractivity contribution in [3.8, 4) is 11.3 Å². The van der Waals surface area contributed by atoms with E-state index in [0.717, 1.165) is 11.3 Å². The van der Waals surface area contributed by atoms with E-state index in [1.807, 2.05) is 19.3 Å². The van der Waals surface area contributed by atoms with Gasteiger partial charge >= 0.3 is 0 Å². The minimum atomic E-state index is 0. The maximum atomic E-state index is 5.75. The van der Waals surface area contributed by atoms with Crippen LogP contribution in [0.3, 0.4) is 0 Å². The molecule has 21 heavy (non-hydrogen) atoms. The molecule has 0 saturated heterocycles. The number of hydrogen-bond acceptors (Lipinski definition) is 0. The van der Waals surface area contributed by atoms with Gasteiger partial charge in [0.2, 0.25) is 0 Å². The number of pyridine rings is 1. The Morgan fingerprint density at radius 1 is 1.14 bits per heavy atom. The summed E-state index contributed by atoms with van der Waals surface area (Å²) in [6.07, 6.45) is 3.61. The normalized spacial score (nSPS) is 10.2. The number of nitrogens with zero attached hydrogens (tertiary/aromatic N) is 1. The van der Waals surface area contributed by atoms with Crippen molar-refractivity contribution in [2.24, 2.45) is 7.05 Å². The van der Waals surface area contributed by atoms with Gasteiger partial charge in [-0.1, -0.05) is 36.4 Å². The van der Waals surface area contributed by atoms with E-state index in [1.54, 1.807) is 6.08 Å². The third-order valence-electron chi connectivity index (χ3n) is 3.76. The molecule has 0 fully saturated rings. The number of aryl methyl sites for hydroxylation is 2. The van der Waals surface area contributed by atoms with Crippen LogP contribution in [0.25, 0.3) is 28.1 Å². The van der Waals surface area contributed by atoms with Gasteiger partial charge in [0.1, 0.15) is 7.05 Å². The van der Waals surface area contributed by atoms with Crippen molar-refractivity contribution in [2.45, 2.75) is 6.92 Å². The monoisotopic (exact) mass is 347 g/mol. The third kappa shape index (κ3) is 2.86. The zero-order valence-electron chi connectivity index (χ0n) is 12.3. The van der Waals surface area contributed by atoms with E-state index in [-0.39, 0.29) is 32.7 Å². The first-order valence-corrected chi connectivity index (χ1v) is 6.66. The van der Waals surface area contributed by atoms with Crippen LogP contribution in [0, 0.1) is 19.6 Å². The molecule has 3 rings (SSSR count). The molecular weight excluding hydrogens is 331 g/mol. The van der Waals surface area contributed by atoms with Crippen molar-refractivity contribution >= 4 is 16.8 Å². The SMILES string of the molecule is [CH-]=Cc1[c-]cc[n+](C)c1-c1ccc2ccccc2c1C.[Y]. The topological polar surface area (TPSA) is 3.88 Å². The quantitative estimate of drug-likeness (QED) is 0.489. The van der Waals surface area contributed by atoms with E-state index in [0.29, 0.717) is 0 Å². The summed E-state index contributed by atoms with van der Waals surface area (Å²) in [4.78, 5) is 0. The van der Waals surface area contributed by atoms with Crippen LogP contribution in [-0.2, 0) is 39.8 Å². The predicted octanol–water partition coefficient (Wildman–Crippen LogP) is 3.88. The fraction of sp³-hybridized carbons (Fsp3) is 0.105. The summed E-state index contributed by atoms with van der Waals surface area (Å²) in [5.74, 6) is 0. The summed E-state index contributed by atoms with van der Waals surface area (Å²) in [7, 11) is 2.03. The number of hydrogen-bond donors (Lipinski definition) is 0. The zero-order chi connectivity index (χ0) is 14.1. The van der Waals surface area contributed by atoms with Crippen molar-refractivity contribution in [3.63, 3.8) is 0 Å². The van der Waals surface area contributed by atoms with E-state index in [1.165, 1.54) is 21.9 Å². The van der Waals surface area contributed by atoms with E-state index in [2.05, 4.69) is 54.0 Å². The molecule has 1 aromatic heterocycles. The Labute approximate surface area is 151 Å². The van der Waals surface area contributed by atoms with Crippen LogP contribution in [-0.4, -0.2) is 0 Å². The van der Waals surface area contributed by atoms with Crippen molar-refractivity contribution < 1.29 is 37.3 Å². The molecule has 2 heteroatoms. The molecule has 0 bridgehead atoms. The first-order valence-electron chi connectivity index (χ1n) is 6.66. The van der Waals surface area contributed by atoms with Crippen LogP contribution >= 0.6 is 0 Å². The van der Waals surface area contributed by atoms with Crippen LogP contribution < -0.4 is 4.57 Å². The first kappa shape index (κ1) is 16.1. The van der Waals surface area contributed by atoms with E-state index < -0.39 is 0 Å². The fourth-order valence-corrected chi connectivity index (χ4v) is 2.72. The predicted molar refractivity (Wildman–Crippen MR) is 82.9 cm³/mol. The second kappa shape index (κ2) is 6.64. The molecule has 0 saturated carbocycles. The minimum Gasteiger partial charge on any atom is -0.344 e. The molecule has 0 unspecified atom stereocenters. The number of benzene rings is 2. The molecule has 0 N–H and O–H groups in total. The number of aromatic nitrogens is 1. The molecular formula is C19H16NY-. The Hall–Kier alpha value is -1.31. The van der Waals surface area contributed by atoms with Gasteiger partial charge in [-0.3, -0.25) is 4.57 Å². The van der Waals surface area contributed by atoms with Crippen LogP contribution in [0.2, 0.25) is 0 Å². The molecule has 3 aromatic rings. The first-order chi connectivity index (χ1) is 9.72. The van der Waals surface area contributed by atoms with Gasteiger partial charge in [0.05, 0.1) is 11.9 Å². The van der Waals surface area contributed by atoms with Gasteiger partial charge in [-0.25, -0.2) is 11.6 Å². The number of rotatable bonds is 2. The Kier molecular flexibility index (Phi) is 5.08. The second-order valence-corrected chi connectivity index (χ2v) is 4.96. The molecule has 0 amide bonds. The molecule has 2 aromatic carbocycles. The molecule has 1 radical (unpaired) electrons. The third-order valence-corrected chi connectivity index (χ3v) is 3.76. The van der Waals surface area contributed by atoms with Gasteiger partial charge < -0.3 is 12.7 Å². The van der Waals surface area contributed by atoms with Crippen molar-refractivity contribution in [1.82, 2.24) is 0 Å². The largest absolute Gasteiger partial charge is 0.344 e. The van der Waals surface area contributed by atoms with Crippen LogP contribution in [0.1, 0.15) is 11.1 Å². The Morgan fingerprint density at radius 3 is 2.67 bits per heavy atom. The summed E-state index contributed by atoms with van der Waals surface area (Å²) in [6.45, 7) is 7.91. The molecule has 0 aliphatic rings. The standard InChI is InChI=1S/C19H16N.Y/c1-4-15-9-7-13-20(3)19(15)18-12-11-16-8-5-6-10-17(16)14(18)2;/h1,4-8,10-13H,2-3H3;/q-1;. The molecule has 0 spiro atoms. The minimum absolute atomic E-state index is 0. The molecule has 1 nitrogen and oxygen atoms in total. The molecule has 1 heterocycles. The van der Waals surface area contributed by atoms with Gasteiger partial charge in [0.25, 0.3) is 0 Å². The number of fused-ring (bicyclic) bond motifs is 1. The Bertz CT molecular complexity index is 806. The van der Waals surface area contributed by atoms with Crippen molar-refractivity contribution in [2.75, 3.05) is 0 Å². The fourth-order valence-electron chi connectivity index (χ4n) is 2.72. The van der Waals surface area contributed by atoms with Gasteiger partial charge in [-0.15, -0.1) is 6.07 Å². The van der Waals surface area contributed by atoms with Crippen molar-refractivity contribution in [3.05, 3.63) is 72.4 Å². The second-order valence-electron chi connectivity index (χ2n) is 4.96. The molecule has 101 valence electrons. The average Bonchev–Trinajstić information content (AvgIpc) is 2.48. The zero-order valence-corrected chi connectivity index (χ0v) is 15.1. The van der Waals surface area contributed by atoms with Gasteiger partial charge in [-0.05, 0) is 28.8 Å². The smallest absolute Gasteiger partial charge is 0.119 e. The van der Waals surface area contributed by atoms with E-state index in [4.69, 9.17) is 6.58 Å². The average molecular weight is 347 g/mol. The molecule has 0 aliphatic carbocycles.